The van der Waals surface area contributed by atoms with Crippen LogP contribution in [0.15, 0.2) is 60.8 Å². The van der Waals surface area contributed by atoms with Crippen LogP contribution < -0.4 is 0 Å². The molecule has 0 saturated heterocycles. The van der Waals surface area contributed by atoms with Gasteiger partial charge in [0.1, 0.15) is 13.2 Å². The Kier molecular flexibility index (Phi) is 42.5. The monoisotopic (exact) mass is 783 g/mol. The number of hydrogen-bond donors (Lipinski definition) is 0. The van der Waals surface area contributed by atoms with Gasteiger partial charge >= 0.3 is 17.9 Å². The van der Waals surface area contributed by atoms with E-state index in [4.69, 9.17) is 14.2 Å². The summed E-state index contributed by atoms with van der Waals surface area (Å²) < 4.78 is 16.6. The van der Waals surface area contributed by atoms with Crippen LogP contribution in [0.4, 0.5) is 0 Å². The van der Waals surface area contributed by atoms with Crippen molar-refractivity contribution in [2.24, 2.45) is 0 Å². The van der Waals surface area contributed by atoms with Gasteiger partial charge in [-0.05, 0) is 77.0 Å². The Balaban J connectivity index is 4.45. The van der Waals surface area contributed by atoms with E-state index < -0.39 is 6.10 Å². The first-order valence-electron chi connectivity index (χ1n) is 23.3. The highest BCUT2D eigenvalue weighted by molar-refractivity contribution is 5.71. The minimum Gasteiger partial charge on any atom is -0.462 e. The average Bonchev–Trinajstić information content (AvgIpc) is 3.19. The minimum atomic E-state index is -0.795. The summed E-state index contributed by atoms with van der Waals surface area (Å²) in [4.78, 5) is 37.7. The van der Waals surface area contributed by atoms with Crippen LogP contribution in [0.25, 0.3) is 0 Å². The molecule has 1 unspecified atom stereocenters. The maximum absolute atomic E-state index is 12.7. The molecule has 0 heterocycles. The maximum atomic E-state index is 12.7. The van der Waals surface area contributed by atoms with Gasteiger partial charge in [-0.3, -0.25) is 14.4 Å². The number of hydrogen-bond acceptors (Lipinski definition) is 6. The quantitative estimate of drug-likeness (QED) is 0.0266. The van der Waals surface area contributed by atoms with E-state index in [1.165, 1.54) is 96.3 Å². The summed E-state index contributed by atoms with van der Waals surface area (Å²) in [6, 6.07) is 0. The van der Waals surface area contributed by atoms with Gasteiger partial charge in [-0.15, -0.1) is 0 Å². The van der Waals surface area contributed by atoms with Gasteiger partial charge in [0.2, 0.25) is 0 Å². The lowest BCUT2D eigenvalue weighted by Crippen LogP contribution is -2.30. The first-order valence-corrected chi connectivity index (χ1v) is 23.3. The lowest BCUT2D eigenvalue weighted by molar-refractivity contribution is -0.167. The van der Waals surface area contributed by atoms with E-state index in [9.17, 15) is 14.4 Å². The molecule has 1 atom stereocenters. The second kappa shape index (κ2) is 44.8. The smallest absolute Gasteiger partial charge is 0.306 e. The molecule has 0 fully saturated rings. The Hall–Kier alpha value is -2.89. The molecule has 0 saturated carbocycles. The normalized spacial score (nSPS) is 12.6. The number of unbranched alkanes of at least 4 members (excludes halogenated alkanes) is 20. The zero-order valence-electron chi connectivity index (χ0n) is 36.6. The molecule has 0 rings (SSSR count). The Labute approximate surface area is 345 Å². The van der Waals surface area contributed by atoms with Crippen molar-refractivity contribution in [1.29, 1.82) is 0 Å². The first-order chi connectivity index (χ1) is 27.5. The Morgan fingerprint density at radius 3 is 1.18 bits per heavy atom. The van der Waals surface area contributed by atoms with Crippen LogP contribution >= 0.6 is 0 Å². The van der Waals surface area contributed by atoms with Crippen molar-refractivity contribution in [3.63, 3.8) is 0 Å². The number of rotatable bonds is 41. The predicted octanol–water partition coefficient (Wildman–Crippen LogP) is 14.9. The van der Waals surface area contributed by atoms with Crippen LogP contribution in [0.2, 0.25) is 0 Å². The van der Waals surface area contributed by atoms with E-state index in [0.717, 1.165) is 77.0 Å². The summed E-state index contributed by atoms with van der Waals surface area (Å²) in [5.74, 6) is -0.966. The summed E-state index contributed by atoms with van der Waals surface area (Å²) in [5.41, 5.74) is 0. The number of ether oxygens (including phenoxy) is 3. The molecule has 6 nitrogen and oxygen atoms in total. The molecule has 0 radical (unpaired) electrons. The van der Waals surface area contributed by atoms with Crippen molar-refractivity contribution in [1.82, 2.24) is 0 Å². The molecule has 0 aromatic rings. The third-order valence-electron chi connectivity index (χ3n) is 9.74. The SMILES string of the molecule is CCCC/C=C\CCCCCCCC(=O)OC(COC(=O)CCC/C=C\C/C=C\C/C=C\C/C=C\CCCCC)COC(=O)CCCCCCCCCCCC. The molecule has 0 bridgehead atoms. The summed E-state index contributed by atoms with van der Waals surface area (Å²) >= 11 is 0. The van der Waals surface area contributed by atoms with Gasteiger partial charge < -0.3 is 14.2 Å². The molecule has 6 heteroatoms. The van der Waals surface area contributed by atoms with Crippen LogP contribution in [0, 0.1) is 0 Å². The molecule has 0 aliphatic heterocycles. The Morgan fingerprint density at radius 1 is 0.357 bits per heavy atom. The van der Waals surface area contributed by atoms with Crippen LogP contribution in [0.3, 0.4) is 0 Å². The highest BCUT2D eigenvalue weighted by atomic mass is 16.6. The van der Waals surface area contributed by atoms with Crippen molar-refractivity contribution < 1.29 is 28.6 Å². The molecule has 0 aliphatic carbocycles. The van der Waals surface area contributed by atoms with Crippen molar-refractivity contribution in [2.75, 3.05) is 13.2 Å². The van der Waals surface area contributed by atoms with Gasteiger partial charge in [-0.1, -0.05) is 184 Å². The highest BCUT2D eigenvalue weighted by Crippen LogP contribution is 2.13. The molecule has 0 amide bonds. The van der Waals surface area contributed by atoms with E-state index in [2.05, 4.69) is 81.5 Å². The lowest BCUT2D eigenvalue weighted by atomic mass is 10.1. The van der Waals surface area contributed by atoms with Crippen molar-refractivity contribution in [3.8, 4) is 0 Å². The van der Waals surface area contributed by atoms with E-state index in [1.807, 2.05) is 0 Å². The second-order valence-corrected chi connectivity index (χ2v) is 15.3. The zero-order chi connectivity index (χ0) is 40.8. The molecular weight excluding hydrogens is 697 g/mol. The second-order valence-electron chi connectivity index (χ2n) is 15.3. The molecule has 0 aromatic heterocycles. The van der Waals surface area contributed by atoms with Crippen molar-refractivity contribution in [2.45, 2.75) is 226 Å². The zero-order valence-corrected chi connectivity index (χ0v) is 36.6. The fourth-order valence-corrected chi connectivity index (χ4v) is 6.18. The van der Waals surface area contributed by atoms with Gasteiger partial charge in [0.25, 0.3) is 0 Å². The number of allylic oxidation sites excluding steroid dienone is 10. The molecule has 56 heavy (non-hydrogen) atoms. The molecule has 0 N–H and O–H groups in total. The average molecular weight is 783 g/mol. The van der Waals surface area contributed by atoms with Crippen LogP contribution in [0.1, 0.15) is 220 Å². The summed E-state index contributed by atoms with van der Waals surface area (Å²) in [5, 5.41) is 0. The third-order valence-corrected chi connectivity index (χ3v) is 9.74. The van der Waals surface area contributed by atoms with E-state index in [1.54, 1.807) is 0 Å². The Bertz CT molecular complexity index is 1040. The summed E-state index contributed by atoms with van der Waals surface area (Å²) in [7, 11) is 0. The fourth-order valence-electron chi connectivity index (χ4n) is 6.18. The first kappa shape index (κ1) is 53.1. The third kappa shape index (κ3) is 42.3. The van der Waals surface area contributed by atoms with Gasteiger partial charge in [0.15, 0.2) is 6.10 Å². The number of esters is 3. The van der Waals surface area contributed by atoms with Crippen LogP contribution in [-0.2, 0) is 28.6 Å². The number of carbonyl (C=O) groups excluding carboxylic acids is 3. The van der Waals surface area contributed by atoms with Crippen molar-refractivity contribution in [3.05, 3.63) is 60.8 Å². The van der Waals surface area contributed by atoms with Crippen LogP contribution in [-0.4, -0.2) is 37.2 Å². The lowest BCUT2D eigenvalue weighted by Gasteiger charge is -2.18. The maximum Gasteiger partial charge on any atom is 0.306 e. The molecule has 0 spiro atoms. The summed E-state index contributed by atoms with van der Waals surface area (Å²) in [6.07, 6.45) is 53.5. The predicted molar refractivity (Wildman–Crippen MR) is 238 cm³/mol. The van der Waals surface area contributed by atoms with Gasteiger partial charge in [-0.25, -0.2) is 0 Å². The standard InChI is InChI=1S/C50H86O6/c1-4-7-10-13-16-19-22-23-24-25-26-27-29-31-34-37-40-43-49(52)55-46-47(45-54-48(51)42-39-36-33-30-21-18-15-12-9-6-3)56-50(53)44-41-38-35-32-28-20-17-14-11-8-5-2/h14,16-17,19,23-24,26-27,31,34,47H,4-13,15,18,20-22,25,28-30,32-33,35-46H2,1-3H3/b17-14-,19-16-,24-23-,27-26-,34-31-. The van der Waals surface area contributed by atoms with Gasteiger partial charge in [-0.2, -0.15) is 0 Å². The van der Waals surface area contributed by atoms with Crippen LogP contribution in [0.5, 0.6) is 0 Å². The number of carbonyl (C=O) groups is 3. The Morgan fingerprint density at radius 2 is 0.679 bits per heavy atom. The van der Waals surface area contributed by atoms with Crippen molar-refractivity contribution >= 4 is 17.9 Å². The molecule has 0 aromatic carbocycles. The van der Waals surface area contributed by atoms with E-state index in [0.29, 0.717) is 19.3 Å². The minimum absolute atomic E-state index is 0.0936. The molecule has 0 aliphatic rings. The largest absolute Gasteiger partial charge is 0.462 e. The highest BCUT2D eigenvalue weighted by Gasteiger charge is 2.19. The molecular formula is C50H86O6. The molecule has 322 valence electrons. The topological polar surface area (TPSA) is 78.9 Å². The van der Waals surface area contributed by atoms with E-state index >= 15 is 0 Å². The van der Waals surface area contributed by atoms with Gasteiger partial charge in [0.05, 0.1) is 0 Å². The van der Waals surface area contributed by atoms with E-state index in [-0.39, 0.29) is 37.5 Å². The fraction of sp³-hybridized carbons (Fsp3) is 0.740. The summed E-state index contributed by atoms with van der Waals surface area (Å²) in [6.45, 7) is 6.49. The van der Waals surface area contributed by atoms with Gasteiger partial charge in [0, 0.05) is 19.3 Å².